The Hall–Kier alpha value is -1.01. The first-order chi connectivity index (χ1) is 6.67. The summed E-state index contributed by atoms with van der Waals surface area (Å²) in [6.07, 6.45) is 1.30. The Labute approximate surface area is 90.2 Å². The summed E-state index contributed by atoms with van der Waals surface area (Å²) in [5.74, 6) is 0.196. The van der Waals surface area contributed by atoms with E-state index in [1.165, 1.54) is 18.4 Å². The lowest BCUT2D eigenvalue weighted by Gasteiger charge is -1.94. The van der Waals surface area contributed by atoms with Gasteiger partial charge in [0, 0.05) is 0 Å². The van der Waals surface area contributed by atoms with Crippen LogP contribution in [0.3, 0.4) is 0 Å². The minimum atomic E-state index is -0.679. The fourth-order valence-corrected chi connectivity index (χ4v) is 2.21. The molecule has 0 atom stereocenters. The molecule has 1 aromatic heterocycles. The van der Waals surface area contributed by atoms with Gasteiger partial charge in [0.05, 0.1) is 16.2 Å². The number of thioether (sulfide) groups is 1. The number of hydrogen-bond acceptors (Lipinski definition) is 4. The molecule has 1 amide bonds. The van der Waals surface area contributed by atoms with Crippen LogP contribution < -0.4 is 5.73 Å². The number of carbonyl (C=O) groups excluding carboxylic acids is 1. The second kappa shape index (κ2) is 5.02. The summed E-state index contributed by atoms with van der Waals surface area (Å²) >= 11 is 3.12. The highest BCUT2D eigenvalue weighted by molar-refractivity contribution is 8.00. The van der Waals surface area contributed by atoms with E-state index in [0.29, 0.717) is 0 Å². The van der Waals surface area contributed by atoms with Gasteiger partial charge in [-0.3, -0.25) is 0 Å². The first-order valence-electron chi connectivity index (χ1n) is 3.73. The summed E-state index contributed by atoms with van der Waals surface area (Å²) in [5, 5.41) is 0. The minimum Gasteiger partial charge on any atom is -0.451 e. The molecule has 0 aliphatic rings. The second-order valence-electron chi connectivity index (χ2n) is 2.29. The fraction of sp³-hybridized carbons (Fsp3) is 0.250. The molecule has 0 spiro atoms. The molecule has 0 saturated carbocycles. The van der Waals surface area contributed by atoms with Crippen molar-refractivity contribution in [3.8, 4) is 0 Å². The monoisotopic (exact) mass is 230 g/mol. The molecule has 1 rings (SSSR count). The normalized spacial score (nSPS) is 11.4. The topological polar surface area (TPSA) is 64.7 Å². The molecule has 0 unspecified atom stereocenters. The number of rotatable bonds is 2. The average Bonchev–Trinajstić information content (AvgIpc) is 2.65. The van der Waals surface area contributed by atoms with Gasteiger partial charge in [-0.05, 0) is 18.4 Å². The molecule has 14 heavy (non-hydrogen) atoms. The lowest BCUT2D eigenvalue weighted by atomic mass is 10.4. The number of amides is 1. The molecule has 6 heteroatoms. The summed E-state index contributed by atoms with van der Waals surface area (Å²) in [6.45, 7) is 0. The van der Waals surface area contributed by atoms with E-state index < -0.39 is 6.09 Å². The van der Waals surface area contributed by atoms with E-state index in [2.05, 4.69) is 9.73 Å². The third-order valence-electron chi connectivity index (χ3n) is 1.42. The van der Waals surface area contributed by atoms with Gasteiger partial charge in [0.2, 0.25) is 0 Å². The second-order valence-corrected chi connectivity index (χ2v) is 4.48. The molecule has 0 saturated heterocycles. The summed E-state index contributed by atoms with van der Waals surface area (Å²) in [5.41, 5.74) is 5.59. The molecule has 76 valence electrons. The summed E-state index contributed by atoms with van der Waals surface area (Å²) < 4.78 is 5.50. The Morgan fingerprint density at radius 3 is 2.86 bits per heavy atom. The molecule has 4 nitrogen and oxygen atoms in total. The standard InChI is InChI=1S/C8H10N2O2S2/c1-12-8(11)10-7(9)5-3-4-6(13-2)14-5/h3-4H,1-2H3,(H2,9,10,11). The zero-order valence-corrected chi connectivity index (χ0v) is 9.45. The van der Waals surface area contributed by atoms with Crippen molar-refractivity contribution in [3.05, 3.63) is 17.0 Å². The Kier molecular flexibility index (Phi) is 3.97. The summed E-state index contributed by atoms with van der Waals surface area (Å²) in [7, 11) is 1.26. The van der Waals surface area contributed by atoms with Gasteiger partial charge >= 0.3 is 6.09 Å². The van der Waals surface area contributed by atoms with Gasteiger partial charge in [0.1, 0.15) is 5.84 Å². The lowest BCUT2D eigenvalue weighted by Crippen LogP contribution is -2.14. The van der Waals surface area contributed by atoms with Crippen molar-refractivity contribution >= 4 is 35.0 Å². The van der Waals surface area contributed by atoms with Gasteiger partial charge < -0.3 is 10.5 Å². The first-order valence-corrected chi connectivity index (χ1v) is 5.77. The molecule has 0 aliphatic carbocycles. The van der Waals surface area contributed by atoms with Crippen molar-refractivity contribution in [1.82, 2.24) is 0 Å². The van der Waals surface area contributed by atoms with Gasteiger partial charge in [-0.2, -0.15) is 4.99 Å². The van der Waals surface area contributed by atoms with Crippen molar-refractivity contribution in [2.24, 2.45) is 10.7 Å². The number of hydrogen-bond donors (Lipinski definition) is 1. The highest BCUT2D eigenvalue weighted by Gasteiger charge is 2.05. The third kappa shape index (κ3) is 2.74. The molecule has 2 N–H and O–H groups in total. The number of amidine groups is 1. The van der Waals surface area contributed by atoms with Crippen molar-refractivity contribution in [2.45, 2.75) is 4.21 Å². The zero-order valence-electron chi connectivity index (χ0n) is 7.81. The minimum absolute atomic E-state index is 0.196. The van der Waals surface area contributed by atoms with Crippen molar-refractivity contribution in [2.75, 3.05) is 13.4 Å². The Balaban J connectivity index is 2.83. The number of carbonyl (C=O) groups is 1. The highest BCUT2D eigenvalue weighted by atomic mass is 32.2. The summed E-state index contributed by atoms with van der Waals surface area (Å²) in [6, 6.07) is 3.77. The number of nitrogens with two attached hydrogens (primary N) is 1. The van der Waals surface area contributed by atoms with Crippen LogP contribution in [-0.2, 0) is 4.74 Å². The van der Waals surface area contributed by atoms with Gasteiger partial charge in [0.15, 0.2) is 0 Å². The van der Waals surface area contributed by atoms with Gasteiger partial charge in [-0.1, -0.05) is 0 Å². The van der Waals surface area contributed by atoms with Crippen LogP contribution in [0.1, 0.15) is 4.88 Å². The predicted molar refractivity (Wildman–Crippen MR) is 59.2 cm³/mol. The molecule has 0 aromatic carbocycles. The zero-order chi connectivity index (χ0) is 10.6. The van der Waals surface area contributed by atoms with Crippen LogP contribution in [0.25, 0.3) is 0 Å². The van der Waals surface area contributed by atoms with Crippen molar-refractivity contribution in [1.29, 1.82) is 0 Å². The Bertz CT molecular complexity index is 360. The van der Waals surface area contributed by atoms with E-state index in [0.717, 1.165) is 9.09 Å². The maximum Gasteiger partial charge on any atom is 0.435 e. The SMILES string of the molecule is COC(=O)/N=C(\N)c1ccc(SC)s1. The maximum absolute atomic E-state index is 10.8. The number of methoxy groups -OCH3 is 1. The van der Waals surface area contributed by atoms with Crippen molar-refractivity contribution in [3.63, 3.8) is 0 Å². The third-order valence-corrected chi connectivity index (χ3v) is 3.61. The molecule has 0 radical (unpaired) electrons. The quantitative estimate of drug-likeness (QED) is 0.479. The Morgan fingerprint density at radius 2 is 2.36 bits per heavy atom. The maximum atomic E-state index is 10.8. The van der Waals surface area contributed by atoms with Crippen LogP contribution in [0, 0.1) is 0 Å². The van der Waals surface area contributed by atoms with E-state index in [-0.39, 0.29) is 5.84 Å². The molecule has 1 aromatic rings. The average molecular weight is 230 g/mol. The van der Waals surface area contributed by atoms with E-state index in [1.54, 1.807) is 11.8 Å². The largest absolute Gasteiger partial charge is 0.451 e. The van der Waals surface area contributed by atoms with Crippen LogP contribution >= 0.6 is 23.1 Å². The van der Waals surface area contributed by atoms with E-state index in [4.69, 9.17) is 5.73 Å². The Morgan fingerprint density at radius 1 is 1.64 bits per heavy atom. The van der Waals surface area contributed by atoms with Crippen LogP contribution in [0.15, 0.2) is 21.3 Å². The number of nitrogens with zero attached hydrogens (tertiary/aromatic N) is 1. The number of ether oxygens (including phenoxy) is 1. The van der Waals surface area contributed by atoms with Crippen LogP contribution in [0.4, 0.5) is 4.79 Å². The first kappa shape index (κ1) is 11.1. The van der Waals surface area contributed by atoms with Crippen LogP contribution in [-0.4, -0.2) is 25.3 Å². The van der Waals surface area contributed by atoms with Gasteiger partial charge in [0.25, 0.3) is 0 Å². The summed E-state index contributed by atoms with van der Waals surface area (Å²) in [4.78, 5) is 15.1. The fourth-order valence-electron chi connectivity index (χ4n) is 0.767. The molecule has 0 fully saturated rings. The molecule has 1 heterocycles. The molecular formula is C8H10N2O2S2. The van der Waals surface area contributed by atoms with Gasteiger partial charge in [-0.15, -0.1) is 23.1 Å². The molecule has 0 aliphatic heterocycles. The van der Waals surface area contributed by atoms with E-state index in [9.17, 15) is 4.79 Å². The predicted octanol–water partition coefficient (Wildman–Crippen LogP) is 1.94. The molecular weight excluding hydrogens is 220 g/mol. The van der Waals surface area contributed by atoms with E-state index in [1.807, 2.05) is 18.4 Å². The molecule has 0 bridgehead atoms. The lowest BCUT2D eigenvalue weighted by molar-refractivity contribution is 0.182. The number of aliphatic imine (C=N–C) groups is 1. The van der Waals surface area contributed by atoms with Crippen molar-refractivity contribution < 1.29 is 9.53 Å². The smallest absolute Gasteiger partial charge is 0.435 e. The van der Waals surface area contributed by atoms with Crippen LogP contribution in [0.5, 0.6) is 0 Å². The number of thiophene rings is 1. The van der Waals surface area contributed by atoms with Crippen LogP contribution in [0.2, 0.25) is 0 Å². The highest BCUT2D eigenvalue weighted by Crippen LogP contribution is 2.24. The van der Waals surface area contributed by atoms with Gasteiger partial charge in [-0.25, -0.2) is 4.79 Å². The van der Waals surface area contributed by atoms with E-state index >= 15 is 0 Å².